The summed E-state index contributed by atoms with van der Waals surface area (Å²) < 4.78 is 10.2. The van der Waals surface area contributed by atoms with Crippen LogP contribution in [-0.4, -0.2) is 39.6 Å². The number of hydrogen-bond donors (Lipinski definition) is 1. The van der Waals surface area contributed by atoms with Crippen LogP contribution in [0.15, 0.2) is 6.33 Å². The average Bonchev–Trinajstić information content (AvgIpc) is 2.48. The Labute approximate surface area is 101 Å². The number of ether oxygens (including phenoxy) is 1. The van der Waals surface area contributed by atoms with Gasteiger partial charge in [0.1, 0.15) is 31.6 Å². The van der Waals surface area contributed by atoms with E-state index in [1.165, 1.54) is 4.90 Å². The molecular formula is C10H19N4OS+. The monoisotopic (exact) mass is 243 g/mol. The number of quaternary nitrogens is 1. The van der Waals surface area contributed by atoms with Crippen molar-refractivity contribution in [3.8, 4) is 0 Å². The fraction of sp³-hybridized carbons (Fsp3) is 0.800. The number of aromatic nitrogens is 3. The number of nitrogens with zero attached hydrogens (tertiary/aromatic N) is 3. The van der Waals surface area contributed by atoms with Gasteiger partial charge in [0.05, 0.1) is 0 Å². The van der Waals surface area contributed by atoms with E-state index >= 15 is 0 Å². The van der Waals surface area contributed by atoms with E-state index in [0.717, 1.165) is 24.5 Å². The molecule has 1 aromatic rings. The molecule has 0 unspecified atom stereocenters. The summed E-state index contributed by atoms with van der Waals surface area (Å²) in [5.74, 6) is 0. The van der Waals surface area contributed by atoms with Gasteiger partial charge in [-0.05, 0) is 26.1 Å². The summed E-state index contributed by atoms with van der Waals surface area (Å²) in [6.45, 7) is 7.10. The van der Waals surface area contributed by atoms with E-state index in [-0.39, 0.29) is 0 Å². The summed E-state index contributed by atoms with van der Waals surface area (Å²) in [5, 5.41) is 4.27. The smallest absolute Gasteiger partial charge is 0.202 e. The molecule has 1 fully saturated rings. The molecule has 0 aliphatic carbocycles. The van der Waals surface area contributed by atoms with Crippen molar-refractivity contribution in [1.82, 2.24) is 14.3 Å². The Kier molecular flexibility index (Phi) is 3.41. The maximum atomic E-state index is 5.71. The lowest BCUT2D eigenvalue weighted by molar-refractivity contribution is -0.937. The van der Waals surface area contributed by atoms with Gasteiger partial charge in [-0.15, -0.1) is 0 Å². The van der Waals surface area contributed by atoms with E-state index in [9.17, 15) is 0 Å². The number of nitrogens with one attached hydrogen (secondary N) is 1. The second-order valence-electron chi connectivity index (χ2n) is 4.60. The van der Waals surface area contributed by atoms with Crippen LogP contribution in [0.5, 0.6) is 0 Å². The normalized spacial score (nSPS) is 30.6. The molecule has 0 aromatic carbocycles. The van der Waals surface area contributed by atoms with Crippen LogP contribution in [0.4, 0.5) is 0 Å². The number of rotatable bonds is 2. The largest absolute Gasteiger partial charge is 0.364 e. The minimum Gasteiger partial charge on any atom is -0.364 e. The summed E-state index contributed by atoms with van der Waals surface area (Å²) in [4.78, 5) is 1.47. The summed E-state index contributed by atoms with van der Waals surface area (Å²) in [6, 6.07) is 0. The van der Waals surface area contributed by atoms with Crippen molar-refractivity contribution in [2.75, 3.05) is 13.1 Å². The van der Waals surface area contributed by atoms with E-state index in [2.05, 4.69) is 18.9 Å². The Bertz CT molecular complexity index is 403. The molecule has 0 saturated carbocycles. The van der Waals surface area contributed by atoms with Crippen LogP contribution in [0.25, 0.3) is 0 Å². The molecule has 2 rings (SSSR count). The quantitative estimate of drug-likeness (QED) is 0.718. The van der Waals surface area contributed by atoms with Crippen LogP contribution in [0, 0.1) is 4.77 Å². The Morgan fingerprint density at radius 3 is 2.62 bits per heavy atom. The maximum Gasteiger partial charge on any atom is 0.202 e. The summed E-state index contributed by atoms with van der Waals surface area (Å²) in [5.41, 5.74) is 0. The van der Waals surface area contributed by atoms with E-state index in [4.69, 9.17) is 17.0 Å². The third-order valence-electron chi connectivity index (χ3n) is 2.88. The molecule has 16 heavy (non-hydrogen) atoms. The first kappa shape index (κ1) is 11.8. The third kappa shape index (κ3) is 2.50. The molecule has 1 saturated heterocycles. The van der Waals surface area contributed by atoms with Crippen LogP contribution in [0.2, 0.25) is 0 Å². The summed E-state index contributed by atoms with van der Waals surface area (Å²) in [6.07, 6.45) is 2.39. The van der Waals surface area contributed by atoms with Gasteiger partial charge in [-0.3, -0.25) is 0 Å². The molecule has 6 heteroatoms. The zero-order chi connectivity index (χ0) is 11.7. The molecule has 0 spiro atoms. The molecule has 0 bridgehead atoms. The fourth-order valence-electron chi connectivity index (χ4n) is 2.26. The second-order valence-corrected chi connectivity index (χ2v) is 4.96. The van der Waals surface area contributed by atoms with Gasteiger partial charge in [-0.2, -0.15) is 9.78 Å². The summed E-state index contributed by atoms with van der Waals surface area (Å²) in [7, 11) is 1.92. The van der Waals surface area contributed by atoms with E-state index in [1.807, 2.05) is 16.3 Å². The van der Waals surface area contributed by atoms with Crippen LogP contribution in [0.1, 0.15) is 13.8 Å². The molecule has 2 heterocycles. The molecule has 1 aliphatic heterocycles. The van der Waals surface area contributed by atoms with Crippen molar-refractivity contribution in [1.29, 1.82) is 0 Å². The van der Waals surface area contributed by atoms with Gasteiger partial charge in [-0.1, -0.05) is 0 Å². The van der Waals surface area contributed by atoms with Crippen molar-refractivity contribution in [2.24, 2.45) is 7.05 Å². The predicted octanol–water partition coefficient (Wildman–Crippen LogP) is -0.399. The van der Waals surface area contributed by atoms with Crippen molar-refractivity contribution in [2.45, 2.75) is 32.7 Å². The minimum atomic E-state index is 0.316. The highest BCUT2D eigenvalue weighted by atomic mass is 32.1. The lowest BCUT2D eigenvalue weighted by Crippen LogP contribution is -3.14. The predicted molar refractivity (Wildman–Crippen MR) is 62.7 cm³/mol. The molecular weight excluding hydrogens is 224 g/mol. The Balaban J connectivity index is 2.04. The zero-order valence-corrected chi connectivity index (χ0v) is 10.8. The van der Waals surface area contributed by atoms with E-state index < -0.39 is 0 Å². The SMILES string of the molecule is C[C@@H]1C[NH+](Cn2ncn(C)c2=S)C[C@@H](C)O1. The van der Waals surface area contributed by atoms with Crippen molar-refractivity contribution in [3.63, 3.8) is 0 Å². The first-order valence-corrected chi connectivity index (χ1v) is 6.04. The highest BCUT2D eigenvalue weighted by Gasteiger charge is 2.25. The van der Waals surface area contributed by atoms with Crippen molar-refractivity contribution in [3.05, 3.63) is 11.1 Å². The second kappa shape index (κ2) is 4.65. The van der Waals surface area contributed by atoms with Gasteiger partial charge in [0.25, 0.3) is 0 Å². The zero-order valence-electron chi connectivity index (χ0n) is 10.0. The topological polar surface area (TPSA) is 36.4 Å². The molecule has 2 atom stereocenters. The van der Waals surface area contributed by atoms with E-state index in [0.29, 0.717) is 12.2 Å². The minimum absolute atomic E-state index is 0.316. The number of aryl methyl sites for hydroxylation is 1. The van der Waals surface area contributed by atoms with Crippen molar-refractivity contribution >= 4 is 12.2 Å². The maximum absolute atomic E-state index is 5.71. The van der Waals surface area contributed by atoms with Gasteiger partial charge in [-0.25, -0.2) is 0 Å². The van der Waals surface area contributed by atoms with Crippen molar-refractivity contribution < 1.29 is 9.64 Å². The molecule has 1 N–H and O–H groups in total. The molecule has 5 nitrogen and oxygen atoms in total. The molecule has 0 amide bonds. The van der Waals surface area contributed by atoms with E-state index in [1.54, 1.807) is 6.33 Å². The van der Waals surface area contributed by atoms with Crippen LogP contribution in [0.3, 0.4) is 0 Å². The lowest BCUT2D eigenvalue weighted by atomic mass is 10.2. The number of hydrogen-bond acceptors (Lipinski definition) is 3. The molecule has 1 aromatic heterocycles. The fourth-order valence-corrected chi connectivity index (χ4v) is 2.42. The molecule has 90 valence electrons. The standard InChI is InChI=1S/C10H18N4OS/c1-8-4-13(5-9(2)15-8)7-14-10(16)12(3)6-11-14/h6,8-9H,4-5,7H2,1-3H3/p+1/t8-,9-/m1/s1. The Morgan fingerprint density at radius 1 is 1.50 bits per heavy atom. The Morgan fingerprint density at radius 2 is 2.12 bits per heavy atom. The molecule has 1 aliphatic rings. The lowest BCUT2D eigenvalue weighted by Gasteiger charge is -2.32. The summed E-state index contributed by atoms with van der Waals surface area (Å²) >= 11 is 5.27. The highest BCUT2D eigenvalue weighted by Crippen LogP contribution is 1.98. The van der Waals surface area contributed by atoms with Gasteiger partial charge >= 0.3 is 0 Å². The molecule has 0 radical (unpaired) electrons. The highest BCUT2D eigenvalue weighted by molar-refractivity contribution is 7.71. The van der Waals surface area contributed by atoms with Crippen LogP contribution in [-0.2, 0) is 18.5 Å². The first-order chi connectivity index (χ1) is 7.56. The van der Waals surface area contributed by atoms with Gasteiger partial charge < -0.3 is 14.2 Å². The Hall–Kier alpha value is -0.720. The number of morpholine rings is 1. The van der Waals surface area contributed by atoms with Crippen LogP contribution >= 0.6 is 12.2 Å². The van der Waals surface area contributed by atoms with Gasteiger partial charge in [0, 0.05) is 7.05 Å². The average molecular weight is 243 g/mol. The van der Waals surface area contributed by atoms with Gasteiger partial charge in [0.2, 0.25) is 4.77 Å². The third-order valence-corrected chi connectivity index (χ3v) is 3.38. The van der Waals surface area contributed by atoms with Crippen LogP contribution < -0.4 is 4.90 Å². The van der Waals surface area contributed by atoms with Gasteiger partial charge in [0.15, 0.2) is 6.67 Å². The first-order valence-electron chi connectivity index (χ1n) is 5.63.